The molecule has 0 bridgehead atoms. The summed E-state index contributed by atoms with van der Waals surface area (Å²) >= 11 is 0. The van der Waals surface area contributed by atoms with Gasteiger partial charge in [-0.05, 0) is 19.8 Å². The summed E-state index contributed by atoms with van der Waals surface area (Å²) in [6, 6.07) is -0.332. The number of carbonyl (C=O) groups excluding carboxylic acids is 2. The molecule has 0 aliphatic carbocycles. The number of H-pyrrole nitrogens is 1. The van der Waals surface area contributed by atoms with Crippen molar-refractivity contribution in [2.24, 2.45) is 0 Å². The molecule has 1 N–H and O–H groups in total. The molecule has 2 amide bonds. The van der Waals surface area contributed by atoms with Crippen molar-refractivity contribution in [1.82, 2.24) is 20.0 Å². The zero-order chi connectivity index (χ0) is 13.3. The van der Waals surface area contributed by atoms with Crippen LogP contribution in [-0.4, -0.2) is 58.5 Å². The number of likely N-dealkylation sites (tertiary alicyclic amines) is 1. The highest BCUT2D eigenvalue weighted by Gasteiger charge is 2.35. The number of amides is 2. The number of aromatic nitrogens is 2. The van der Waals surface area contributed by atoms with Crippen molar-refractivity contribution in [3.63, 3.8) is 0 Å². The highest BCUT2D eigenvalue weighted by Crippen LogP contribution is 2.22. The van der Waals surface area contributed by atoms with Crippen molar-refractivity contribution < 1.29 is 9.59 Å². The molecule has 1 aliphatic rings. The van der Waals surface area contributed by atoms with Gasteiger partial charge in [0.15, 0.2) is 0 Å². The van der Waals surface area contributed by atoms with Crippen LogP contribution in [0.15, 0.2) is 6.20 Å². The number of hydrogen-bond donors (Lipinski definition) is 1. The van der Waals surface area contributed by atoms with Gasteiger partial charge in [-0.2, -0.15) is 5.10 Å². The zero-order valence-electron chi connectivity index (χ0n) is 10.9. The van der Waals surface area contributed by atoms with E-state index < -0.39 is 0 Å². The molecule has 1 unspecified atom stereocenters. The maximum absolute atomic E-state index is 12.4. The second-order valence-corrected chi connectivity index (χ2v) is 4.80. The first-order valence-electron chi connectivity index (χ1n) is 6.04. The fourth-order valence-electron chi connectivity index (χ4n) is 2.29. The summed E-state index contributed by atoms with van der Waals surface area (Å²) in [6.07, 6.45) is 3.12. The van der Waals surface area contributed by atoms with Gasteiger partial charge in [-0.25, -0.2) is 0 Å². The van der Waals surface area contributed by atoms with Gasteiger partial charge in [0, 0.05) is 26.3 Å². The largest absolute Gasteiger partial charge is 0.347 e. The Morgan fingerprint density at radius 3 is 2.78 bits per heavy atom. The van der Waals surface area contributed by atoms with Gasteiger partial charge in [0.2, 0.25) is 5.91 Å². The Morgan fingerprint density at radius 2 is 2.22 bits per heavy atom. The molecule has 0 radical (unpaired) electrons. The van der Waals surface area contributed by atoms with Gasteiger partial charge in [-0.1, -0.05) is 0 Å². The predicted octanol–water partition coefficient (Wildman–Crippen LogP) is 0.411. The smallest absolute Gasteiger partial charge is 0.257 e. The number of nitrogens with zero attached hydrogens (tertiary/aromatic N) is 3. The quantitative estimate of drug-likeness (QED) is 0.826. The van der Waals surface area contributed by atoms with E-state index in [1.165, 1.54) is 6.20 Å². The van der Waals surface area contributed by atoms with E-state index in [4.69, 9.17) is 0 Å². The molecule has 1 fully saturated rings. The predicted molar refractivity (Wildman–Crippen MR) is 66.1 cm³/mol. The lowest BCUT2D eigenvalue weighted by Crippen LogP contribution is -2.45. The normalized spacial score (nSPS) is 19.1. The molecule has 1 atom stereocenters. The summed E-state index contributed by atoms with van der Waals surface area (Å²) in [6.45, 7) is 2.44. The Bertz CT molecular complexity index is 466. The first kappa shape index (κ1) is 12.6. The van der Waals surface area contributed by atoms with Gasteiger partial charge in [0.1, 0.15) is 6.04 Å². The molecule has 0 spiro atoms. The van der Waals surface area contributed by atoms with E-state index in [0.717, 1.165) is 18.5 Å². The van der Waals surface area contributed by atoms with Gasteiger partial charge in [0.05, 0.1) is 11.8 Å². The number of rotatable bonds is 2. The average Bonchev–Trinajstić information content (AvgIpc) is 2.95. The fourth-order valence-corrected chi connectivity index (χ4v) is 2.29. The van der Waals surface area contributed by atoms with E-state index in [0.29, 0.717) is 12.1 Å². The van der Waals surface area contributed by atoms with E-state index >= 15 is 0 Å². The lowest BCUT2D eigenvalue weighted by atomic mass is 10.1. The molecule has 6 heteroatoms. The zero-order valence-corrected chi connectivity index (χ0v) is 10.9. The Morgan fingerprint density at radius 1 is 1.50 bits per heavy atom. The van der Waals surface area contributed by atoms with Gasteiger partial charge in [-0.15, -0.1) is 0 Å². The van der Waals surface area contributed by atoms with Crippen LogP contribution < -0.4 is 0 Å². The minimum atomic E-state index is -0.332. The Hall–Kier alpha value is -1.85. The maximum Gasteiger partial charge on any atom is 0.257 e. The van der Waals surface area contributed by atoms with Crippen molar-refractivity contribution in [2.45, 2.75) is 25.8 Å². The van der Waals surface area contributed by atoms with Gasteiger partial charge < -0.3 is 9.80 Å². The average molecular weight is 250 g/mol. The summed E-state index contributed by atoms with van der Waals surface area (Å²) in [5, 5.41) is 6.60. The highest BCUT2D eigenvalue weighted by atomic mass is 16.2. The lowest BCUT2D eigenvalue weighted by Gasteiger charge is -2.26. The first-order chi connectivity index (χ1) is 8.52. The fraction of sp³-hybridized carbons (Fsp3) is 0.583. The molecule has 0 saturated carbocycles. The van der Waals surface area contributed by atoms with E-state index in [1.54, 1.807) is 30.8 Å². The van der Waals surface area contributed by atoms with Crippen LogP contribution >= 0.6 is 0 Å². The molecule has 98 valence electrons. The van der Waals surface area contributed by atoms with Crippen molar-refractivity contribution in [3.05, 3.63) is 17.5 Å². The number of likely N-dealkylation sites (N-methyl/N-ethyl adjacent to an activating group) is 1. The van der Waals surface area contributed by atoms with Gasteiger partial charge in [0.25, 0.3) is 5.91 Å². The van der Waals surface area contributed by atoms with Crippen LogP contribution in [0.5, 0.6) is 0 Å². The lowest BCUT2D eigenvalue weighted by molar-refractivity contribution is -0.132. The summed E-state index contributed by atoms with van der Waals surface area (Å²) in [5.41, 5.74) is 1.29. The van der Waals surface area contributed by atoms with Crippen LogP contribution in [0.25, 0.3) is 0 Å². The van der Waals surface area contributed by atoms with E-state index in [-0.39, 0.29) is 17.9 Å². The van der Waals surface area contributed by atoms with Gasteiger partial charge in [-0.3, -0.25) is 14.7 Å². The summed E-state index contributed by atoms with van der Waals surface area (Å²) in [4.78, 5) is 27.6. The Kier molecular flexibility index (Phi) is 3.36. The Balaban J connectivity index is 2.20. The number of hydrogen-bond acceptors (Lipinski definition) is 3. The molecular weight excluding hydrogens is 232 g/mol. The molecule has 1 aromatic rings. The minimum absolute atomic E-state index is 0.0120. The summed E-state index contributed by atoms with van der Waals surface area (Å²) in [5.74, 6) is -0.124. The van der Waals surface area contributed by atoms with E-state index in [1.807, 2.05) is 0 Å². The number of aromatic amines is 1. The van der Waals surface area contributed by atoms with Crippen LogP contribution in [0.4, 0.5) is 0 Å². The molecule has 0 aromatic carbocycles. The van der Waals surface area contributed by atoms with E-state index in [9.17, 15) is 9.59 Å². The molecule has 18 heavy (non-hydrogen) atoms. The highest BCUT2D eigenvalue weighted by molar-refractivity contribution is 5.98. The molecular formula is C12H18N4O2. The number of carbonyl (C=O) groups is 2. The SMILES string of the molecule is Cc1[nH]ncc1C(=O)N1CCCC1C(=O)N(C)C. The van der Waals surface area contributed by atoms with Crippen LogP contribution in [0.2, 0.25) is 0 Å². The molecule has 2 rings (SSSR count). The van der Waals surface area contributed by atoms with Crippen LogP contribution in [0, 0.1) is 6.92 Å². The second kappa shape index (κ2) is 4.80. The van der Waals surface area contributed by atoms with Gasteiger partial charge >= 0.3 is 0 Å². The third kappa shape index (κ3) is 2.10. The third-order valence-corrected chi connectivity index (χ3v) is 3.30. The van der Waals surface area contributed by atoms with Crippen molar-refractivity contribution in [1.29, 1.82) is 0 Å². The van der Waals surface area contributed by atoms with Crippen LogP contribution in [-0.2, 0) is 4.79 Å². The summed E-state index contributed by atoms with van der Waals surface area (Å²) < 4.78 is 0. The number of nitrogens with one attached hydrogen (secondary N) is 1. The maximum atomic E-state index is 12.4. The summed E-state index contributed by atoms with van der Waals surface area (Å²) in [7, 11) is 3.43. The van der Waals surface area contributed by atoms with Crippen LogP contribution in [0.3, 0.4) is 0 Å². The van der Waals surface area contributed by atoms with Crippen molar-refractivity contribution >= 4 is 11.8 Å². The molecule has 1 aliphatic heterocycles. The van der Waals surface area contributed by atoms with Crippen molar-refractivity contribution in [3.8, 4) is 0 Å². The molecule has 6 nitrogen and oxygen atoms in total. The first-order valence-corrected chi connectivity index (χ1v) is 6.04. The van der Waals surface area contributed by atoms with Crippen molar-refractivity contribution in [2.75, 3.05) is 20.6 Å². The topological polar surface area (TPSA) is 69.3 Å². The minimum Gasteiger partial charge on any atom is -0.347 e. The molecule has 1 saturated heterocycles. The third-order valence-electron chi connectivity index (χ3n) is 3.30. The molecule has 1 aromatic heterocycles. The van der Waals surface area contributed by atoms with E-state index in [2.05, 4.69) is 10.2 Å². The van der Waals surface area contributed by atoms with Crippen LogP contribution in [0.1, 0.15) is 28.9 Å². The monoisotopic (exact) mass is 250 g/mol. The number of aryl methyl sites for hydroxylation is 1. The Labute approximate surface area is 106 Å². The standard InChI is InChI=1S/C12H18N4O2/c1-8-9(7-13-14-8)11(17)16-6-4-5-10(16)12(18)15(2)3/h7,10H,4-6H2,1-3H3,(H,13,14). The molecule has 2 heterocycles. The second-order valence-electron chi connectivity index (χ2n) is 4.80.